The van der Waals surface area contributed by atoms with E-state index in [-0.39, 0.29) is 24.2 Å². The molecule has 1 heterocycles. The summed E-state index contributed by atoms with van der Waals surface area (Å²) in [6.45, 7) is 1.68. The summed E-state index contributed by atoms with van der Waals surface area (Å²) in [6, 6.07) is 7.03. The minimum atomic E-state index is -0.677. The van der Waals surface area contributed by atoms with Gasteiger partial charge in [-0.2, -0.15) is 0 Å². The van der Waals surface area contributed by atoms with E-state index in [1.54, 1.807) is 24.3 Å². The van der Waals surface area contributed by atoms with Crippen LogP contribution in [0.15, 0.2) is 24.3 Å². The highest BCUT2D eigenvalue weighted by Gasteiger charge is 2.45. The number of benzene rings is 1. The predicted octanol–water partition coefficient (Wildman–Crippen LogP) is 1.77. The lowest BCUT2D eigenvalue weighted by atomic mass is 10.1. The second kappa shape index (κ2) is 6.03. The topological polar surface area (TPSA) is 75.4 Å². The van der Waals surface area contributed by atoms with Crippen LogP contribution < -0.4 is 11.1 Å². The lowest BCUT2D eigenvalue weighted by Crippen LogP contribution is -2.37. The van der Waals surface area contributed by atoms with Gasteiger partial charge in [-0.15, -0.1) is 12.4 Å². The van der Waals surface area contributed by atoms with Gasteiger partial charge in [0.15, 0.2) is 0 Å². The van der Waals surface area contributed by atoms with E-state index in [2.05, 4.69) is 5.32 Å². The number of hydrogen-bond donors (Lipinski definition) is 2. The third kappa shape index (κ3) is 3.36. The Balaban J connectivity index is 0.00000161. The second-order valence-electron chi connectivity index (χ2n) is 5.69. The van der Waals surface area contributed by atoms with Gasteiger partial charge in [-0.05, 0) is 49.9 Å². The molecular formula is C15H20ClN3O2. The van der Waals surface area contributed by atoms with Gasteiger partial charge in [0.25, 0.3) is 5.91 Å². The SMILES string of the molecule is Cl.NC1(C(=O)Nc2ccc(C(=O)N3CCCC3)cc2)CC1. The zero-order valence-corrected chi connectivity index (χ0v) is 12.6. The maximum absolute atomic E-state index is 12.2. The zero-order valence-electron chi connectivity index (χ0n) is 11.8. The first-order valence-corrected chi connectivity index (χ1v) is 7.08. The van der Waals surface area contributed by atoms with Crippen LogP contribution >= 0.6 is 12.4 Å². The molecular weight excluding hydrogens is 290 g/mol. The van der Waals surface area contributed by atoms with E-state index < -0.39 is 5.54 Å². The van der Waals surface area contributed by atoms with Crippen molar-refractivity contribution in [3.8, 4) is 0 Å². The summed E-state index contributed by atoms with van der Waals surface area (Å²) in [5.41, 5.74) is 6.50. The number of likely N-dealkylation sites (tertiary alicyclic amines) is 1. The van der Waals surface area contributed by atoms with Crippen molar-refractivity contribution in [1.82, 2.24) is 4.90 Å². The van der Waals surface area contributed by atoms with Gasteiger partial charge in [-0.1, -0.05) is 0 Å². The normalized spacial score (nSPS) is 18.8. The maximum atomic E-state index is 12.2. The number of amides is 2. The number of nitrogens with zero attached hydrogens (tertiary/aromatic N) is 1. The molecule has 0 atom stereocenters. The van der Waals surface area contributed by atoms with Crippen molar-refractivity contribution in [2.24, 2.45) is 5.73 Å². The summed E-state index contributed by atoms with van der Waals surface area (Å²) < 4.78 is 0. The average molecular weight is 310 g/mol. The number of nitrogens with two attached hydrogens (primary N) is 1. The van der Waals surface area contributed by atoms with E-state index in [4.69, 9.17) is 5.73 Å². The lowest BCUT2D eigenvalue weighted by molar-refractivity contribution is -0.118. The Morgan fingerprint density at radius 1 is 1.10 bits per heavy atom. The standard InChI is InChI=1S/C15H19N3O2.ClH/c16-15(7-8-15)14(20)17-12-5-3-11(4-6-12)13(19)18-9-1-2-10-18;/h3-6H,1-2,7-10,16H2,(H,17,20);1H. The molecule has 2 amide bonds. The van der Waals surface area contributed by atoms with Gasteiger partial charge in [0, 0.05) is 24.3 Å². The van der Waals surface area contributed by atoms with Gasteiger partial charge in [0.05, 0.1) is 5.54 Å². The molecule has 1 aliphatic carbocycles. The predicted molar refractivity (Wildman–Crippen MR) is 83.6 cm³/mol. The van der Waals surface area contributed by atoms with Crippen molar-refractivity contribution < 1.29 is 9.59 Å². The molecule has 1 aromatic rings. The van der Waals surface area contributed by atoms with Crippen LogP contribution in [0.2, 0.25) is 0 Å². The Hall–Kier alpha value is -1.59. The van der Waals surface area contributed by atoms with Gasteiger partial charge in [-0.25, -0.2) is 0 Å². The first-order valence-electron chi connectivity index (χ1n) is 7.08. The molecule has 1 aliphatic heterocycles. The fourth-order valence-electron chi connectivity index (χ4n) is 2.42. The molecule has 5 nitrogen and oxygen atoms in total. The van der Waals surface area contributed by atoms with Gasteiger partial charge in [-0.3, -0.25) is 9.59 Å². The summed E-state index contributed by atoms with van der Waals surface area (Å²) in [5, 5.41) is 2.79. The number of carbonyl (C=O) groups is 2. The number of halogens is 1. The van der Waals surface area contributed by atoms with Crippen LogP contribution in [0.3, 0.4) is 0 Å². The molecule has 0 unspecified atom stereocenters. The van der Waals surface area contributed by atoms with E-state index in [1.807, 2.05) is 4.90 Å². The van der Waals surface area contributed by atoms with Crippen LogP contribution in [0.5, 0.6) is 0 Å². The first kappa shape index (κ1) is 15.8. The molecule has 3 N–H and O–H groups in total. The van der Waals surface area contributed by atoms with Crippen molar-refractivity contribution in [3.05, 3.63) is 29.8 Å². The van der Waals surface area contributed by atoms with E-state index >= 15 is 0 Å². The highest BCUT2D eigenvalue weighted by Crippen LogP contribution is 2.33. The molecule has 0 radical (unpaired) electrons. The summed E-state index contributed by atoms with van der Waals surface area (Å²) in [4.78, 5) is 25.8. The molecule has 21 heavy (non-hydrogen) atoms. The Morgan fingerprint density at radius 2 is 1.67 bits per heavy atom. The zero-order chi connectivity index (χ0) is 14.2. The number of anilines is 1. The monoisotopic (exact) mass is 309 g/mol. The average Bonchev–Trinajstić information content (AvgIpc) is 3.00. The molecule has 0 bridgehead atoms. The Bertz CT molecular complexity index is 534. The van der Waals surface area contributed by atoms with Gasteiger partial charge in [0.1, 0.15) is 0 Å². The third-order valence-corrected chi connectivity index (χ3v) is 4.02. The van der Waals surface area contributed by atoms with Gasteiger partial charge < -0.3 is 16.0 Å². The molecule has 3 rings (SSSR count). The first-order chi connectivity index (χ1) is 9.58. The highest BCUT2D eigenvalue weighted by atomic mass is 35.5. The van der Waals surface area contributed by atoms with Crippen LogP contribution in [0.4, 0.5) is 5.69 Å². The van der Waals surface area contributed by atoms with Crippen LogP contribution in [-0.4, -0.2) is 35.3 Å². The molecule has 0 aromatic heterocycles. The molecule has 114 valence electrons. The highest BCUT2D eigenvalue weighted by molar-refractivity contribution is 6.00. The summed E-state index contributed by atoms with van der Waals surface area (Å²) in [6.07, 6.45) is 3.64. The molecule has 2 aliphatic rings. The van der Waals surface area contributed by atoms with E-state index in [9.17, 15) is 9.59 Å². The summed E-state index contributed by atoms with van der Waals surface area (Å²) in [7, 11) is 0. The van der Waals surface area contributed by atoms with Crippen LogP contribution in [-0.2, 0) is 4.79 Å². The minimum Gasteiger partial charge on any atom is -0.339 e. The summed E-state index contributed by atoms with van der Waals surface area (Å²) in [5.74, 6) is -0.0750. The van der Waals surface area contributed by atoms with Crippen molar-refractivity contribution >= 4 is 29.9 Å². The molecule has 1 saturated heterocycles. The molecule has 1 saturated carbocycles. The van der Waals surface area contributed by atoms with Crippen molar-refractivity contribution in [1.29, 1.82) is 0 Å². The van der Waals surface area contributed by atoms with Crippen LogP contribution in [0.1, 0.15) is 36.0 Å². The Morgan fingerprint density at radius 3 is 2.19 bits per heavy atom. The smallest absolute Gasteiger partial charge is 0.253 e. The number of rotatable bonds is 3. The quantitative estimate of drug-likeness (QED) is 0.893. The largest absolute Gasteiger partial charge is 0.339 e. The lowest BCUT2D eigenvalue weighted by Gasteiger charge is -2.15. The maximum Gasteiger partial charge on any atom is 0.253 e. The Kier molecular flexibility index (Phi) is 4.54. The van der Waals surface area contributed by atoms with Crippen LogP contribution in [0, 0.1) is 0 Å². The second-order valence-corrected chi connectivity index (χ2v) is 5.69. The third-order valence-electron chi connectivity index (χ3n) is 4.02. The van der Waals surface area contributed by atoms with E-state index in [1.165, 1.54) is 0 Å². The molecule has 6 heteroatoms. The minimum absolute atomic E-state index is 0. The van der Waals surface area contributed by atoms with Crippen molar-refractivity contribution in [2.45, 2.75) is 31.2 Å². The fraction of sp³-hybridized carbons (Fsp3) is 0.467. The molecule has 2 fully saturated rings. The molecule has 0 spiro atoms. The van der Waals surface area contributed by atoms with E-state index in [0.717, 1.165) is 38.8 Å². The Labute approximate surface area is 130 Å². The number of carbonyl (C=O) groups excluding carboxylic acids is 2. The number of nitrogens with one attached hydrogen (secondary N) is 1. The number of hydrogen-bond acceptors (Lipinski definition) is 3. The van der Waals surface area contributed by atoms with Crippen LogP contribution in [0.25, 0.3) is 0 Å². The van der Waals surface area contributed by atoms with Gasteiger partial charge in [0.2, 0.25) is 5.91 Å². The van der Waals surface area contributed by atoms with Gasteiger partial charge >= 0.3 is 0 Å². The van der Waals surface area contributed by atoms with Crippen molar-refractivity contribution in [2.75, 3.05) is 18.4 Å². The molecule has 1 aromatic carbocycles. The summed E-state index contributed by atoms with van der Waals surface area (Å²) >= 11 is 0. The fourth-order valence-corrected chi connectivity index (χ4v) is 2.42. The van der Waals surface area contributed by atoms with Crippen molar-refractivity contribution in [3.63, 3.8) is 0 Å². The van der Waals surface area contributed by atoms with E-state index in [0.29, 0.717) is 11.3 Å².